The molecule has 0 heterocycles. The summed E-state index contributed by atoms with van der Waals surface area (Å²) in [5.74, 6) is -0.680. The Labute approximate surface area is 285 Å². The molecular weight excluding hydrogens is 600 g/mol. The van der Waals surface area contributed by atoms with Crippen molar-refractivity contribution >= 4 is 23.1 Å². The molecule has 0 saturated carbocycles. The molecular formula is C42H46O6. The van der Waals surface area contributed by atoms with Gasteiger partial charge in [-0.05, 0) is 86.1 Å². The highest BCUT2D eigenvalue weighted by atomic mass is 16.7. The van der Waals surface area contributed by atoms with Crippen LogP contribution in [0.15, 0.2) is 109 Å². The number of hydrogen-bond acceptors (Lipinski definition) is 6. The quantitative estimate of drug-likeness (QED) is 0.0731. The van der Waals surface area contributed by atoms with Crippen LogP contribution in [0.25, 0.3) is 11.1 Å². The first kappa shape index (κ1) is 36.1. The maximum Gasteiger partial charge on any atom is 0.312 e. The number of aryl methyl sites for hydroxylation is 2. The van der Waals surface area contributed by atoms with E-state index in [1.165, 1.54) is 11.1 Å². The van der Waals surface area contributed by atoms with Gasteiger partial charge in [0.25, 0.3) is 0 Å². The van der Waals surface area contributed by atoms with E-state index in [0.29, 0.717) is 13.2 Å². The average Bonchev–Trinajstić information content (AvgIpc) is 3.05. The van der Waals surface area contributed by atoms with Gasteiger partial charge < -0.3 is 18.9 Å². The van der Waals surface area contributed by atoms with Crippen LogP contribution in [0.4, 0.5) is 0 Å². The van der Waals surface area contributed by atoms with Gasteiger partial charge in [0, 0.05) is 13.2 Å². The van der Waals surface area contributed by atoms with Crippen molar-refractivity contribution in [3.05, 3.63) is 154 Å². The van der Waals surface area contributed by atoms with Crippen LogP contribution in [-0.2, 0) is 41.4 Å². The minimum absolute atomic E-state index is 0.147. The van der Waals surface area contributed by atoms with Crippen molar-refractivity contribution < 1.29 is 28.5 Å². The molecule has 2 unspecified atom stereocenters. The summed E-state index contributed by atoms with van der Waals surface area (Å²) in [5.41, 5.74) is 10.4. The third-order valence-corrected chi connectivity index (χ3v) is 7.77. The molecule has 0 aromatic heterocycles. The predicted molar refractivity (Wildman–Crippen MR) is 191 cm³/mol. The Morgan fingerprint density at radius 1 is 0.521 bits per heavy atom. The number of rotatable bonds is 15. The second-order valence-corrected chi connectivity index (χ2v) is 11.7. The van der Waals surface area contributed by atoms with Crippen molar-refractivity contribution in [3.63, 3.8) is 0 Å². The second-order valence-electron chi connectivity index (χ2n) is 11.7. The van der Waals surface area contributed by atoms with Crippen molar-refractivity contribution in [2.75, 3.05) is 13.2 Å². The van der Waals surface area contributed by atoms with Crippen LogP contribution in [0.5, 0.6) is 0 Å². The molecule has 4 aromatic carbocycles. The Hall–Kier alpha value is -4.78. The number of esters is 2. The molecule has 0 saturated heterocycles. The van der Waals surface area contributed by atoms with Crippen LogP contribution >= 0.6 is 0 Å². The van der Waals surface area contributed by atoms with Crippen molar-refractivity contribution in [1.82, 2.24) is 0 Å². The first-order valence-electron chi connectivity index (χ1n) is 16.5. The molecule has 250 valence electrons. The molecule has 0 N–H and O–H groups in total. The molecule has 0 bridgehead atoms. The van der Waals surface area contributed by atoms with E-state index in [1.807, 2.05) is 62.4 Å². The number of hydrogen-bond donors (Lipinski definition) is 0. The number of allylic oxidation sites excluding steroid dienone is 2. The molecule has 6 heteroatoms. The van der Waals surface area contributed by atoms with Crippen LogP contribution in [0.3, 0.4) is 0 Å². The fraction of sp³-hybridized carbons (Fsp3) is 0.286. The molecule has 0 aliphatic rings. The highest BCUT2D eigenvalue weighted by molar-refractivity contribution is 5.86. The molecule has 6 nitrogen and oxygen atoms in total. The first-order valence-corrected chi connectivity index (χ1v) is 16.5. The lowest BCUT2D eigenvalue weighted by atomic mass is 9.92. The Kier molecular flexibility index (Phi) is 13.5. The van der Waals surface area contributed by atoms with Crippen LogP contribution < -0.4 is 0 Å². The van der Waals surface area contributed by atoms with Crippen LogP contribution in [0, 0.1) is 13.8 Å². The first-order chi connectivity index (χ1) is 23.1. The SMILES string of the molecule is CCOC(C)OC(=O)Cc1ccc(C(=CC=C(c2ccc(C)cc2)c2ccc(C)cc2)c2ccc(CC(=O)OC(C)OCC)cc2)cc1. The zero-order valence-corrected chi connectivity index (χ0v) is 28.8. The zero-order valence-electron chi connectivity index (χ0n) is 28.8. The van der Waals surface area contributed by atoms with Gasteiger partial charge in [-0.1, -0.05) is 120 Å². The average molecular weight is 647 g/mol. The molecule has 4 aromatic rings. The smallest absolute Gasteiger partial charge is 0.312 e. The summed E-state index contributed by atoms with van der Waals surface area (Å²) in [6.07, 6.45) is 3.41. The van der Waals surface area contributed by atoms with Crippen molar-refractivity contribution in [3.8, 4) is 0 Å². The van der Waals surface area contributed by atoms with E-state index >= 15 is 0 Å². The largest absolute Gasteiger partial charge is 0.436 e. The fourth-order valence-corrected chi connectivity index (χ4v) is 5.28. The monoisotopic (exact) mass is 646 g/mol. The highest BCUT2D eigenvalue weighted by Gasteiger charge is 2.14. The highest BCUT2D eigenvalue weighted by Crippen LogP contribution is 2.29. The molecule has 4 rings (SSSR count). The standard InChI is InChI=1S/C42H46O6/c1-7-45-31(5)47-41(43)27-33-13-21-37(22-14-33)40(38-23-15-34(16-24-38)28-42(44)48-32(6)46-8-2)26-25-39(35-17-9-29(3)10-18-35)36-19-11-30(4)12-20-36/h9-26,31-32H,7-8,27-28H2,1-6H3. The maximum absolute atomic E-state index is 12.5. The number of carbonyl (C=O) groups excluding carboxylic acids is 2. The minimum Gasteiger partial charge on any atom is -0.436 e. The van der Waals surface area contributed by atoms with E-state index < -0.39 is 12.6 Å². The van der Waals surface area contributed by atoms with Gasteiger partial charge in [-0.3, -0.25) is 9.59 Å². The van der Waals surface area contributed by atoms with Gasteiger partial charge in [0.15, 0.2) is 12.6 Å². The number of carbonyl (C=O) groups is 2. The van der Waals surface area contributed by atoms with E-state index in [0.717, 1.165) is 44.5 Å². The summed E-state index contributed by atoms with van der Waals surface area (Å²) in [6.45, 7) is 12.3. The van der Waals surface area contributed by atoms with Gasteiger partial charge in [0.1, 0.15) is 0 Å². The molecule has 0 aliphatic heterocycles. The predicted octanol–water partition coefficient (Wildman–Crippen LogP) is 8.80. The van der Waals surface area contributed by atoms with Crippen molar-refractivity contribution in [1.29, 1.82) is 0 Å². The van der Waals surface area contributed by atoms with Gasteiger partial charge >= 0.3 is 11.9 Å². The lowest BCUT2D eigenvalue weighted by Gasteiger charge is -2.14. The van der Waals surface area contributed by atoms with Gasteiger partial charge in [0.2, 0.25) is 0 Å². The zero-order chi connectivity index (χ0) is 34.5. The van der Waals surface area contributed by atoms with E-state index in [4.69, 9.17) is 18.9 Å². The normalized spacial score (nSPS) is 12.0. The van der Waals surface area contributed by atoms with Gasteiger partial charge in [-0.2, -0.15) is 0 Å². The van der Waals surface area contributed by atoms with E-state index in [1.54, 1.807) is 13.8 Å². The summed E-state index contributed by atoms with van der Waals surface area (Å²) in [6, 6.07) is 33.0. The summed E-state index contributed by atoms with van der Waals surface area (Å²) < 4.78 is 21.4. The molecule has 48 heavy (non-hydrogen) atoms. The summed E-state index contributed by atoms with van der Waals surface area (Å²) in [4.78, 5) is 24.9. The summed E-state index contributed by atoms with van der Waals surface area (Å²) >= 11 is 0. The Morgan fingerprint density at radius 3 is 1.10 bits per heavy atom. The minimum atomic E-state index is -0.586. The molecule has 0 fully saturated rings. The Balaban J connectivity index is 1.70. The topological polar surface area (TPSA) is 71.1 Å². The maximum atomic E-state index is 12.5. The molecule has 0 spiro atoms. The number of ether oxygens (including phenoxy) is 4. The Bertz CT molecular complexity index is 1560. The lowest BCUT2D eigenvalue weighted by molar-refractivity contribution is -0.174. The van der Waals surface area contributed by atoms with E-state index in [-0.39, 0.29) is 24.8 Å². The second kappa shape index (κ2) is 17.9. The lowest BCUT2D eigenvalue weighted by Crippen LogP contribution is -2.19. The van der Waals surface area contributed by atoms with Crippen molar-refractivity contribution in [2.24, 2.45) is 0 Å². The van der Waals surface area contributed by atoms with Crippen LogP contribution in [0.2, 0.25) is 0 Å². The van der Waals surface area contributed by atoms with E-state index in [9.17, 15) is 9.59 Å². The van der Waals surface area contributed by atoms with Crippen LogP contribution in [0.1, 0.15) is 72.2 Å². The summed E-state index contributed by atoms with van der Waals surface area (Å²) in [7, 11) is 0. The van der Waals surface area contributed by atoms with E-state index in [2.05, 4.69) is 74.5 Å². The molecule has 0 aliphatic carbocycles. The Morgan fingerprint density at radius 2 is 0.812 bits per heavy atom. The van der Waals surface area contributed by atoms with Crippen LogP contribution in [-0.4, -0.2) is 37.7 Å². The molecule has 0 amide bonds. The van der Waals surface area contributed by atoms with Gasteiger partial charge in [0.05, 0.1) is 12.8 Å². The van der Waals surface area contributed by atoms with Gasteiger partial charge in [-0.25, -0.2) is 0 Å². The number of benzene rings is 4. The molecule has 0 radical (unpaired) electrons. The third kappa shape index (κ3) is 10.9. The molecule has 2 atom stereocenters. The van der Waals surface area contributed by atoms with Gasteiger partial charge in [-0.15, -0.1) is 0 Å². The summed E-state index contributed by atoms with van der Waals surface area (Å²) in [5, 5.41) is 0. The van der Waals surface area contributed by atoms with Crippen molar-refractivity contribution in [2.45, 2.75) is 67.0 Å². The fourth-order valence-electron chi connectivity index (χ4n) is 5.28. The third-order valence-electron chi connectivity index (χ3n) is 7.77.